The Balaban J connectivity index is 1.95. The number of carbonyl (C=O) groups excluding carboxylic acids is 3. The van der Waals surface area contributed by atoms with Crippen molar-refractivity contribution in [2.24, 2.45) is 4.99 Å². The summed E-state index contributed by atoms with van der Waals surface area (Å²) < 4.78 is 7.88. The Hall–Kier alpha value is -2.03. The lowest BCUT2D eigenvalue weighted by Gasteiger charge is -2.10. The van der Waals surface area contributed by atoms with E-state index >= 15 is 0 Å². The van der Waals surface area contributed by atoms with E-state index in [0.29, 0.717) is 23.0 Å². The van der Waals surface area contributed by atoms with Gasteiger partial charge in [-0.3, -0.25) is 19.3 Å². The number of carbonyl (C=O) groups is 3. The summed E-state index contributed by atoms with van der Waals surface area (Å²) in [4.78, 5) is 41.1. The number of ether oxygens (including phenoxy) is 1. The second kappa shape index (κ2) is 7.47. The van der Waals surface area contributed by atoms with Crippen molar-refractivity contribution in [3.05, 3.63) is 28.0 Å². The molecular formula is C16H16ClN3O4S. The SMILES string of the molecule is COCCn1c(=NC(=O)CN2C(=O)CCC2=O)sc2cc(Cl)ccc21. The minimum atomic E-state index is -0.535. The van der Waals surface area contributed by atoms with Gasteiger partial charge in [0.15, 0.2) is 4.80 Å². The van der Waals surface area contributed by atoms with Gasteiger partial charge in [0.1, 0.15) is 6.54 Å². The van der Waals surface area contributed by atoms with Crippen LogP contribution in [0.5, 0.6) is 0 Å². The first kappa shape index (κ1) is 17.8. The molecule has 1 saturated heterocycles. The van der Waals surface area contributed by atoms with Gasteiger partial charge in [0.2, 0.25) is 11.8 Å². The minimum absolute atomic E-state index is 0.154. The molecule has 2 heterocycles. The summed E-state index contributed by atoms with van der Waals surface area (Å²) in [6.45, 7) is 0.654. The lowest BCUT2D eigenvalue weighted by atomic mass is 10.3. The Bertz CT molecular complexity index is 902. The van der Waals surface area contributed by atoms with Crippen molar-refractivity contribution in [2.45, 2.75) is 19.4 Å². The van der Waals surface area contributed by atoms with Gasteiger partial charge in [0.05, 0.1) is 16.8 Å². The number of hydrogen-bond acceptors (Lipinski definition) is 5. The third kappa shape index (κ3) is 3.81. The number of imide groups is 1. The highest BCUT2D eigenvalue weighted by Crippen LogP contribution is 2.22. The van der Waals surface area contributed by atoms with Gasteiger partial charge in [-0.15, -0.1) is 0 Å². The van der Waals surface area contributed by atoms with E-state index in [1.165, 1.54) is 11.3 Å². The Labute approximate surface area is 152 Å². The van der Waals surface area contributed by atoms with Gasteiger partial charge in [0, 0.05) is 31.5 Å². The lowest BCUT2D eigenvalue weighted by Crippen LogP contribution is -2.34. The van der Waals surface area contributed by atoms with E-state index in [4.69, 9.17) is 16.3 Å². The molecule has 0 atom stereocenters. The van der Waals surface area contributed by atoms with Gasteiger partial charge in [-0.25, -0.2) is 0 Å². The molecule has 3 rings (SSSR count). The highest BCUT2D eigenvalue weighted by atomic mass is 35.5. The summed E-state index contributed by atoms with van der Waals surface area (Å²) in [6, 6.07) is 5.44. The highest BCUT2D eigenvalue weighted by Gasteiger charge is 2.30. The fourth-order valence-electron chi connectivity index (χ4n) is 2.61. The first-order chi connectivity index (χ1) is 12.0. The summed E-state index contributed by atoms with van der Waals surface area (Å²) >= 11 is 7.35. The van der Waals surface area contributed by atoms with Crippen LogP contribution in [0.4, 0.5) is 0 Å². The van der Waals surface area contributed by atoms with Crippen LogP contribution in [-0.2, 0) is 25.7 Å². The molecule has 25 heavy (non-hydrogen) atoms. The van der Waals surface area contributed by atoms with Crippen LogP contribution < -0.4 is 4.80 Å². The number of nitrogens with zero attached hydrogens (tertiary/aromatic N) is 3. The van der Waals surface area contributed by atoms with Crippen molar-refractivity contribution < 1.29 is 19.1 Å². The van der Waals surface area contributed by atoms with E-state index in [0.717, 1.165) is 15.1 Å². The number of benzene rings is 1. The summed E-state index contributed by atoms with van der Waals surface area (Å²) in [5.41, 5.74) is 0.895. The van der Waals surface area contributed by atoms with Crippen LogP contribution in [0.25, 0.3) is 10.2 Å². The van der Waals surface area contributed by atoms with Crippen molar-refractivity contribution in [1.82, 2.24) is 9.47 Å². The molecule has 0 unspecified atom stereocenters. The van der Waals surface area contributed by atoms with E-state index < -0.39 is 5.91 Å². The van der Waals surface area contributed by atoms with Gasteiger partial charge in [-0.2, -0.15) is 4.99 Å². The van der Waals surface area contributed by atoms with E-state index in [1.54, 1.807) is 13.2 Å². The third-order valence-electron chi connectivity index (χ3n) is 3.83. The normalized spacial score (nSPS) is 15.6. The zero-order valence-electron chi connectivity index (χ0n) is 13.5. The van der Waals surface area contributed by atoms with Crippen LogP contribution >= 0.6 is 22.9 Å². The second-order valence-electron chi connectivity index (χ2n) is 5.52. The number of methoxy groups -OCH3 is 1. The number of likely N-dealkylation sites (tertiary alicyclic amines) is 1. The van der Waals surface area contributed by atoms with Crippen LogP contribution in [0, 0.1) is 0 Å². The van der Waals surface area contributed by atoms with Crippen molar-refractivity contribution in [3.63, 3.8) is 0 Å². The molecule has 1 fully saturated rings. The molecule has 1 aliphatic rings. The van der Waals surface area contributed by atoms with Crippen molar-refractivity contribution in [3.8, 4) is 0 Å². The molecule has 0 radical (unpaired) electrons. The van der Waals surface area contributed by atoms with Crippen LogP contribution in [0.2, 0.25) is 5.02 Å². The van der Waals surface area contributed by atoms with Crippen LogP contribution in [-0.4, -0.2) is 47.4 Å². The number of amides is 3. The Kier molecular flexibility index (Phi) is 5.31. The fraction of sp³-hybridized carbons (Fsp3) is 0.375. The van der Waals surface area contributed by atoms with Crippen LogP contribution in [0.15, 0.2) is 23.2 Å². The molecular weight excluding hydrogens is 366 g/mol. The smallest absolute Gasteiger partial charge is 0.268 e. The molecule has 9 heteroatoms. The number of aromatic nitrogens is 1. The van der Waals surface area contributed by atoms with Gasteiger partial charge in [-0.05, 0) is 18.2 Å². The monoisotopic (exact) mass is 381 g/mol. The summed E-state index contributed by atoms with van der Waals surface area (Å²) in [5, 5.41) is 0.596. The zero-order valence-corrected chi connectivity index (χ0v) is 15.1. The Morgan fingerprint density at radius 1 is 1.32 bits per heavy atom. The van der Waals surface area contributed by atoms with Crippen LogP contribution in [0.1, 0.15) is 12.8 Å². The van der Waals surface area contributed by atoms with Gasteiger partial charge in [0.25, 0.3) is 5.91 Å². The van der Waals surface area contributed by atoms with Crippen molar-refractivity contribution >= 4 is 50.9 Å². The summed E-state index contributed by atoms with van der Waals surface area (Å²) in [6.07, 6.45) is 0.308. The molecule has 0 spiro atoms. The molecule has 7 nitrogen and oxygen atoms in total. The fourth-order valence-corrected chi connectivity index (χ4v) is 3.96. The zero-order chi connectivity index (χ0) is 18.0. The maximum absolute atomic E-state index is 12.3. The first-order valence-corrected chi connectivity index (χ1v) is 8.87. The van der Waals surface area contributed by atoms with E-state index in [1.807, 2.05) is 16.7 Å². The first-order valence-electron chi connectivity index (χ1n) is 7.68. The van der Waals surface area contributed by atoms with Gasteiger partial charge >= 0.3 is 0 Å². The molecule has 3 amide bonds. The number of rotatable bonds is 5. The molecule has 0 aliphatic carbocycles. The summed E-state index contributed by atoms with van der Waals surface area (Å²) in [7, 11) is 1.60. The molecule has 0 N–H and O–H groups in total. The minimum Gasteiger partial charge on any atom is -0.383 e. The Morgan fingerprint density at radius 3 is 2.72 bits per heavy atom. The van der Waals surface area contributed by atoms with Gasteiger partial charge < -0.3 is 9.30 Å². The average Bonchev–Trinajstić information content (AvgIpc) is 3.06. The maximum Gasteiger partial charge on any atom is 0.268 e. The Morgan fingerprint density at radius 2 is 2.04 bits per heavy atom. The number of hydrogen-bond donors (Lipinski definition) is 0. The topological polar surface area (TPSA) is 81.0 Å². The third-order valence-corrected chi connectivity index (χ3v) is 5.11. The van der Waals surface area contributed by atoms with Gasteiger partial charge in [-0.1, -0.05) is 22.9 Å². The van der Waals surface area contributed by atoms with E-state index in [2.05, 4.69) is 4.99 Å². The van der Waals surface area contributed by atoms with E-state index in [9.17, 15) is 14.4 Å². The predicted octanol–water partition coefficient (Wildman–Crippen LogP) is 1.58. The molecule has 1 aromatic heterocycles. The van der Waals surface area contributed by atoms with Crippen LogP contribution in [0.3, 0.4) is 0 Å². The molecule has 2 aromatic rings. The van der Waals surface area contributed by atoms with E-state index in [-0.39, 0.29) is 31.2 Å². The standard InChI is InChI=1S/C16H16ClN3O4S/c1-24-7-6-19-11-3-2-10(17)8-12(11)25-16(19)18-13(21)9-20-14(22)4-5-15(20)23/h2-3,8H,4-7,9H2,1H3. The summed E-state index contributed by atoms with van der Waals surface area (Å²) in [5.74, 6) is -1.19. The molecule has 132 valence electrons. The second-order valence-corrected chi connectivity index (χ2v) is 6.97. The molecule has 1 aromatic carbocycles. The number of halogens is 1. The van der Waals surface area contributed by atoms with Crippen molar-refractivity contribution in [1.29, 1.82) is 0 Å². The average molecular weight is 382 g/mol. The number of fused-ring (bicyclic) bond motifs is 1. The number of thiazole rings is 1. The lowest BCUT2D eigenvalue weighted by molar-refractivity contribution is -0.141. The quantitative estimate of drug-likeness (QED) is 0.736. The highest BCUT2D eigenvalue weighted by molar-refractivity contribution is 7.16. The molecule has 0 bridgehead atoms. The molecule has 0 saturated carbocycles. The largest absolute Gasteiger partial charge is 0.383 e. The predicted molar refractivity (Wildman–Crippen MR) is 93.2 cm³/mol. The molecule has 1 aliphatic heterocycles. The van der Waals surface area contributed by atoms with Crippen molar-refractivity contribution in [2.75, 3.05) is 20.3 Å². The maximum atomic E-state index is 12.3.